The van der Waals surface area contributed by atoms with Crippen molar-refractivity contribution in [2.75, 3.05) is 12.4 Å². The highest BCUT2D eigenvalue weighted by Gasteiger charge is 2.10. The maximum Gasteiger partial charge on any atom is 0.160 e. The summed E-state index contributed by atoms with van der Waals surface area (Å²) in [6.45, 7) is 2.59. The van der Waals surface area contributed by atoms with Crippen LogP contribution in [0.3, 0.4) is 0 Å². The SMILES string of the molecule is COc1ccc(NCc2c(C)oc3ccccc23)cc1O. The van der Waals surface area contributed by atoms with Crippen LogP contribution in [-0.4, -0.2) is 12.2 Å². The summed E-state index contributed by atoms with van der Waals surface area (Å²) < 4.78 is 10.8. The summed E-state index contributed by atoms with van der Waals surface area (Å²) in [5.74, 6) is 1.49. The van der Waals surface area contributed by atoms with Crippen LogP contribution in [0.4, 0.5) is 5.69 Å². The maximum atomic E-state index is 9.79. The Bertz CT molecular complexity index is 777. The van der Waals surface area contributed by atoms with Gasteiger partial charge >= 0.3 is 0 Å². The molecule has 0 bridgehead atoms. The molecule has 4 nitrogen and oxygen atoms in total. The zero-order valence-corrected chi connectivity index (χ0v) is 12.0. The molecule has 2 aromatic carbocycles. The highest BCUT2D eigenvalue weighted by Crippen LogP contribution is 2.30. The van der Waals surface area contributed by atoms with Crippen LogP contribution < -0.4 is 10.1 Å². The number of benzene rings is 2. The monoisotopic (exact) mass is 283 g/mol. The van der Waals surface area contributed by atoms with Crippen LogP contribution in [0, 0.1) is 6.92 Å². The lowest BCUT2D eigenvalue weighted by Gasteiger charge is -2.09. The molecular formula is C17H17NO3. The number of furan rings is 1. The van der Waals surface area contributed by atoms with Gasteiger partial charge in [-0.05, 0) is 25.1 Å². The van der Waals surface area contributed by atoms with Gasteiger partial charge in [0.1, 0.15) is 11.3 Å². The van der Waals surface area contributed by atoms with Crippen molar-refractivity contribution in [1.29, 1.82) is 0 Å². The van der Waals surface area contributed by atoms with E-state index in [0.29, 0.717) is 12.3 Å². The summed E-state index contributed by atoms with van der Waals surface area (Å²) in [7, 11) is 1.53. The van der Waals surface area contributed by atoms with Crippen LogP contribution in [-0.2, 0) is 6.54 Å². The molecule has 0 saturated carbocycles. The Kier molecular flexibility index (Phi) is 3.44. The molecule has 0 fully saturated rings. The first-order valence-corrected chi connectivity index (χ1v) is 6.77. The minimum atomic E-state index is 0.122. The average Bonchev–Trinajstić information content (AvgIpc) is 2.81. The Morgan fingerprint density at radius 1 is 1.19 bits per heavy atom. The Morgan fingerprint density at radius 2 is 2.00 bits per heavy atom. The minimum Gasteiger partial charge on any atom is -0.504 e. The fourth-order valence-electron chi connectivity index (χ4n) is 2.43. The number of para-hydroxylation sites is 1. The Balaban J connectivity index is 1.83. The van der Waals surface area contributed by atoms with E-state index in [0.717, 1.165) is 28.0 Å². The Labute approximate surface area is 123 Å². The normalized spacial score (nSPS) is 10.8. The third-order valence-corrected chi connectivity index (χ3v) is 3.55. The van der Waals surface area contributed by atoms with E-state index >= 15 is 0 Å². The fraction of sp³-hybridized carbons (Fsp3) is 0.176. The van der Waals surface area contributed by atoms with Gasteiger partial charge in [0, 0.05) is 29.2 Å². The summed E-state index contributed by atoms with van der Waals surface area (Å²) in [4.78, 5) is 0. The van der Waals surface area contributed by atoms with E-state index in [2.05, 4.69) is 5.32 Å². The predicted octanol–water partition coefficient (Wildman–Crippen LogP) is 4.07. The maximum absolute atomic E-state index is 9.79. The molecule has 0 atom stereocenters. The van der Waals surface area contributed by atoms with Crippen molar-refractivity contribution in [3.63, 3.8) is 0 Å². The molecule has 21 heavy (non-hydrogen) atoms. The number of phenolic OH excluding ortho intramolecular Hbond substituents is 1. The topological polar surface area (TPSA) is 54.6 Å². The summed E-state index contributed by atoms with van der Waals surface area (Å²) in [5.41, 5.74) is 2.85. The van der Waals surface area contributed by atoms with Crippen molar-refractivity contribution in [2.45, 2.75) is 13.5 Å². The first-order chi connectivity index (χ1) is 10.2. The number of aromatic hydroxyl groups is 1. The number of hydrogen-bond acceptors (Lipinski definition) is 4. The second kappa shape index (κ2) is 5.40. The second-order valence-electron chi connectivity index (χ2n) is 4.87. The van der Waals surface area contributed by atoms with Gasteiger partial charge in [-0.3, -0.25) is 0 Å². The van der Waals surface area contributed by atoms with Crippen molar-refractivity contribution in [2.24, 2.45) is 0 Å². The highest BCUT2D eigenvalue weighted by molar-refractivity contribution is 5.82. The lowest BCUT2D eigenvalue weighted by Crippen LogP contribution is -2.00. The van der Waals surface area contributed by atoms with E-state index in [1.54, 1.807) is 12.1 Å². The van der Waals surface area contributed by atoms with Crippen molar-refractivity contribution < 1.29 is 14.3 Å². The summed E-state index contributed by atoms with van der Waals surface area (Å²) in [5, 5.41) is 14.2. The quantitative estimate of drug-likeness (QED) is 0.758. The highest BCUT2D eigenvalue weighted by atomic mass is 16.5. The first-order valence-electron chi connectivity index (χ1n) is 6.77. The molecule has 0 aliphatic carbocycles. The molecule has 0 saturated heterocycles. The van der Waals surface area contributed by atoms with Crippen molar-refractivity contribution in [1.82, 2.24) is 0 Å². The van der Waals surface area contributed by atoms with E-state index in [-0.39, 0.29) is 5.75 Å². The Morgan fingerprint density at radius 3 is 2.76 bits per heavy atom. The largest absolute Gasteiger partial charge is 0.504 e. The molecule has 1 heterocycles. The fourth-order valence-corrected chi connectivity index (χ4v) is 2.43. The van der Waals surface area contributed by atoms with Gasteiger partial charge in [-0.25, -0.2) is 0 Å². The zero-order chi connectivity index (χ0) is 14.8. The van der Waals surface area contributed by atoms with E-state index in [1.807, 2.05) is 37.3 Å². The molecule has 3 aromatic rings. The third kappa shape index (κ3) is 2.52. The van der Waals surface area contributed by atoms with Gasteiger partial charge < -0.3 is 19.6 Å². The Hall–Kier alpha value is -2.62. The molecule has 3 rings (SSSR count). The summed E-state index contributed by atoms with van der Waals surface area (Å²) >= 11 is 0. The third-order valence-electron chi connectivity index (χ3n) is 3.55. The van der Waals surface area contributed by atoms with E-state index in [1.165, 1.54) is 7.11 Å². The number of rotatable bonds is 4. The molecular weight excluding hydrogens is 266 g/mol. The number of ether oxygens (including phenoxy) is 1. The van der Waals surface area contributed by atoms with E-state index in [4.69, 9.17) is 9.15 Å². The molecule has 108 valence electrons. The van der Waals surface area contributed by atoms with Crippen LogP contribution in [0.2, 0.25) is 0 Å². The number of phenols is 1. The number of fused-ring (bicyclic) bond motifs is 1. The molecule has 0 unspecified atom stereocenters. The summed E-state index contributed by atoms with van der Waals surface area (Å²) in [6.07, 6.45) is 0. The van der Waals surface area contributed by atoms with Crippen LogP contribution in [0.15, 0.2) is 46.9 Å². The zero-order valence-electron chi connectivity index (χ0n) is 12.0. The smallest absolute Gasteiger partial charge is 0.160 e. The number of nitrogens with one attached hydrogen (secondary N) is 1. The van der Waals surface area contributed by atoms with Crippen molar-refractivity contribution in [3.05, 3.63) is 53.8 Å². The van der Waals surface area contributed by atoms with Crippen LogP contribution in [0.5, 0.6) is 11.5 Å². The van der Waals surface area contributed by atoms with Crippen molar-refractivity contribution >= 4 is 16.7 Å². The van der Waals surface area contributed by atoms with E-state index in [9.17, 15) is 5.11 Å². The van der Waals surface area contributed by atoms with Gasteiger partial charge in [0.2, 0.25) is 0 Å². The molecule has 2 N–H and O–H groups in total. The number of methoxy groups -OCH3 is 1. The number of anilines is 1. The second-order valence-corrected chi connectivity index (χ2v) is 4.87. The van der Waals surface area contributed by atoms with Gasteiger partial charge in [-0.15, -0.1) is 0 Å². The van der Waals surface area contributed by atoms with Crippen molar-refractivity contribution in [3.8, 4) is 11.5 Å². The molecule has 0 spiro atoms. The van der Waals surface area contributed by atoms with Gasteiger partial charge in [-0.1, -0.05) is 18.2 Å². The molecule has 1 aromatic heterocycles. The average molecular weight is 283 g/mol. The van der Waals surface area contributed by atoms with Gasteiger partial charge in [0.15, 0.2) is 11.5 Å². The van der Waals surface area contributed by atoms with E-state index < -0.39 is 0 Å². The summed E-state index contributed by atoms with van der Waals surface area (Å²) in [6, 6.07) is 13.2. The molecule has 0 radical (unpaired) electrons. The molecule has 4 heteroatoms. The predicted molar refractivity (Wildman–Crippen MR) is 82.9 cm³/mol. The number of aryl methyl sites for hydroxylation is 1. The molecule has 0 aliphatic heterocycles. The lowest BCUT2D eigenvalue weighted by molar-refractivity contribution is 0.373. The van der Waals surface area contributed by atoms with Gasteiger partial charge in [0.05, 0.1) is 7.11 Å². The lowest BCUT2D eigenvalue weighted by atomic mass is 10.1. The standard InChI is InChI=1S/C17H17NO3/c1-11-14(13-5-3-4-6-16(13)21-11)10-18-12-7-8-17(20-2)15(19)9-12/h3-9,18-19H,10H2,1-2H3. The van der Waals surface area contributed by atoms with Gasteiger partial charge in [-0.2, -0.15) is 0 Å². The molecule has 0 aliphatic rings. The number of hydrogen-bond donors (Lipinski definition) is 2. The molecule has 0 amide bonds. The van der Waals surface area contributed by atoms with Gasteiger partial charge in [0.25, 0.3) is 0 Å². The van der Waals surface area contributed by atoms with Crippen LogP contribution >= 0.6 is 0 Å². The first kappa shape index (κ1) is 13.4. The van der Waals surface area contributed by atoms with Crippen LogP contribution in [0.1, 0.15) is 11.3 Å². The minimum absolute atomic E-state index is 0.122. The van der Waals surface area contributed by atoms with Crippen LogP contribution in [0.25, 0.3) is 11.0 Å².